The standard InChI is InChI=1S/C19H21N3O3/c1-20(14-15-8-5-6-11-17(15)22(24)25)18-12-7-13-21(19(18)23)16-9-3-2-4-10-16/h2-6,8-11,18H,7,12-14H2,1H3. The highest BCUT2D eigenvalue weighted by atomic mass is 16.6. The Morgan fingerprint density at radius 3 is 2.56 bits per heavy atom. The number of carbonyl (C=O) groups is 1. The summed E-state index contributed by atoms with van der Waals surface area (Å²) in [6.45, 7) is 1.08. The van der Waals surface area contributed by atoms with Crippen molar-refractivity contribution < 1.29 is 9.72 Å². The molecule has 2 aromatic carbocycles. The minimum atomic E-state index is -0.373. The summed E-state index contributed by atoms with van der Waals surface area (Å²) in [5, 5.41) is 11.2. The van der Waals surface area contributed by atoms with Crippen molar-refractivity contribution in [1.29, 1.82) is 0 Å². The van der Waals surface area contributed by atoms with E-state index in [1.54, 1.807) is 18.2 Å². The van der Waals surface area contributed by atoms with Gasteiger partial charge in [0.1, 0.15) is 0 Å². The van der Waals surface area contributed by atoms with E-state index in [-0.39, 0.29) is 22.6 Å². The number of rotatable bonds is 5. The van der Waals surface area contributed by atoms with Crippen LogP contribution in [0.5, 0.6) is 0 Å². The van der Waals surface area contributed by atoms with Crippen LogP contribution in [-0.2, 0) is 11.3 Å². The first-order valence-corrected chi connectivity index (χ1v) is 8.37. The summed E-state index contributed by atoms with van der Waals surface area (Å²) in [5.41, 5.74) is 1.62. The van der Waals surface area contributed by atoms with Crippen molar-refractivity contribution in [3.05, 3.63) is 70.3 Å². The van der Waals surface area contributed by atoms with Crippen molar-refractivity contribution >= 4 is 17.3 Å². The molecule has 1 amide bonds. The molecule has 6 heteroatoms. The van der Waals surface area contributed by atoms with Crippen LogP contribution in [0.1, 0.15) is 18.4 Å². The van der Waals surface area contributed by atoms with E-state index in [9.17, 15) is 14.9 Å². The highest BCUT2D eigenvalue weighted by Crippen LogP contribution is 2.25. The smallest absolute Gasteiger partial charge is 0.273 e. The van der Waals surface area contributed by atoms with Crippen molar-refractivity contribution in [3.63, 3.8) is 0 Å². The fourth-order valence-electron chi connectivity index (χ4n) is 3.33. The molecule has 25 heavy (non-hydrogen) atoms. The molecule has 2 aromatic rings. The SMILES string of the molecule is CN(Cc1ccccc1[N+](=O)[O-])C1CCCN(c2ccccc2)C1=O. The number of nitrogens with zero attached hydrogens (tertiary/aromatic N) is 3. The summed E-state index contributed by atoms with van der Waals surface area (Å²) in [4.78, 5) is 27.5. The molecule has 1 aliphatic rings. The fraction of sp³-hybridized carbons (Fsp3) is 0.316. The topological polar surface area (TPSA) is 66.7 Å². The number of piperidine rings is 1. The van der Waals surface area contributed by atoms with Gasteiger partial charge in [0.15, 0.2) is 0 Å². The molecule has 1 saturated heterocycles. The lowest BCUT2D eigenvalue weighted by Gasteiger charge is -2.36. The summed E-state index contributed by atoms with van der Waals surface area (Å²) in [7, 11) is 1.85. The Hall–Kier alpha value is -2.73. The van der Waals surface area contributed by atoms with Crippen LogP contribution in [0.3, 0.4) is 0 Å². The number of anilines is 1. The molecule has 0 aromatic heterocycles. The molecular formula is C19H21N3O3. The minimum absolute atomic E-state index is 0.0542. The zero-order valence-electron chi connectivity index (χ0n) is 14.2. The second-order valence-electron chi connectivity index (χ2n) is 6.28. The number of benzene rings is 2. The van der Waals surface area contributed by atoms with Gasteiger partial charge in [-0.2, -0.15) is 0 Å². The second kappa shape index (κ2) is 7.44. The number of amides is 1. The molecule has 0 bridgehead atoms. The van der Waals surface area contributed by atoms with Gasteiger partial charge in [-0.15, -0.1) is 0 Å². The zero-order valence-corrected chi connectivity index (χ0v) is 14.2. The molecule has 1 heterocycles. The monoisotopic (exact) mass is 339 g/mol. The zero-order chi connectivity index (χ0) is 17.8. The predicted molar refractivity (Wildman–Crippen MR) is 96.4 cm³/mol. The maximum atomic E-state index is 12.9. The molecule has 0 spiro atoms. The van der Waals surface area contributed by atoms with E-state index in [0.717, 1.165) is 18.5 Å². The van der Waals surface area contributed by atoms with Crippen molar-refractivity contribution in [1.82, 2.24) is 4.90 Å². The third kappa shape index (κ3) is 3.69. The van der Waals surface area contributed by atoms with Gasteiger partial charge in [-0.3, -0.25) is 19.8 Å². The lowest BCUT2D eigenvalue weighted by molar-refractivity contribution is -0.385. The van der Waals surface area contributed by atoms with Gasteiger partial charge >= 0.3 is 0 Å². The lowest BCUT2D eigenvalue weighted by atomic mass is 10.0. The number of likely N-dealkylation sites (N-methyl/N-ethyl adjacent to an activating group) is 1. The Balaban J connectivity index is 1.77. The highest BCUT2D eigenvalue weighted by molar-refractivity contribution is 5.97. The van der Waals surface area contributed by atoms with Crippen LogP contribution in [0.2, 0.25) is 0 Å². The second-order valence-corrected chi connectivity index (χ2v) is 6.28. The van der Waals surface area contributed by atoms with Crippen molar-refractivity contribution in [2.24, 2.45) is 0 Å². The van der Waals surface area contributed by atoms with Gasteiger partial charge in [-0.05, 0) is 32.0 Å². The third-order valence-corrected chi connectivity index (χ3v) is 4.62. The summed E-state index contributed by atoms with van der Waals surface area (Å²) < 4.78 is 0. The van der Waals surface area contributed by atoms with Gasteiger partial charge in [0, 0.05) is 30.4 Å². The maximum absolute atomic E-state index is 12.9. The number of carbonyl (C=O) groups excluding carboxylic acids is 1. The van der Waals surface area contributed by atoms with E-state index in [1.807, 2.05) is 47.2 Å². The Morgan fingerprint density at radius 2 is 1.84 bits per heavy atom. The summed E-state index contributed by atoms with van der Waals surface area (Å²) in [6, 6.07) is 16.1. The van der Waals surface area contributed by atoms with Crippen LogP contribution in [0.4, 0.5) is 11.4 Å². The largest absolute Gasteiger partial charge is 0.311 e. The Morgan fingerprint density at radius 1 is 1.16 bits per heavy atom. The first kappa shape index (κ1) is 17.1. The van der Waals surface area contributed by atoms with E-state index < -0.39 is 0 Å². The van der Waals surface area contributed by atoms with Crippen molar-refractivity contribution in [2.45, 2.75) is 25.4 Å². The molecule has 0 saturated carbocycles. The van der Waals surface area contributed by atoms with Gasteiger partial charge in [-0.1, -0.05) is 36.4 Å². The van der Waals surface area contributed by atoms with Crippen molar-refractivity contribution in [3.8, 4) is 0 Å². The van der Waals surface area contributed by atoms with Gasteiger partial charge in [0.25, 0.3) is 5.69 Å². The molecule has 0 N–H and O–H groups in total. The molecule has 1 aliphatic heterocycles. The molecule has 6 nitrogen and oxygen atoms in total. The highest BCUT2D eigenvalue weighted by Gasteiger charge is 2.33. The lowest BCUT2D eigenvalue weighted by Crippen LogP contribution is -2.51. The van der Waals surface area contributed by atoms with Gasteiger partial charge in [0.2, 0.25) is 5.91 Å². The normalized spacial score (nSPS) is 17.8. The van der Waals surface area contributed by atoms with Gasteiger partial charge in [-0.25, -0.2) is 0 Å². The first-order valence-electron chi connectivity index (χ1n) is 8.37. The average Bonchev–Trinajstić information content (AvgIpc) is 2.63. The van der Waals surface area contributed by atoms with Crippen LogP contribution in [0.25, 0.3) is 0 Å². The number of para-hydroxylation sites is 2. The Bertz CT molecular complexity index is 764. The molecule has 1 fully saturated rings. The number of nitro groups is 1. The predicted octanol–water partition coefficient (Wildman–Crippen LogP) is 3.22. The van der Waals surface area contributed by atoms with E-state index in [1.165, 1.54) is 6.07 Å². The first-order chi connectivity index (χ1) is 12.1. The quantitative estimate of drug-likeness (QED) is 0.620. The summed E-state index contributed by atoms with van der Waals surface area (Å²) >= 11 is 0. The van der Waals surface area contributed by atoms with Crippen LogP contribution < -0.4 is 4.90 Å². The van der Waals surface area contributed by atoms with Crippen LogP contribution in [-0.4, -0.2) is 35.4 Å². The van der Waals surface area contributed by atoms with Crippen LogP contribution in [0.15, 0.2) is 54.6 Å². The molecule has 1 atom stereocenters. The Labute approximate surface area is 146 Å². The van der Waals surface area contributed by atoms with Crippen molar-refractivity contribution in [2.75, 3.05) is 18.5 Å². The number of hydrogen-bond acceptors (Lipinski definition) is 4. The van der Waals surface area contributed by atoms with Crippen LogP contribution in [0, 0.1) is 10.1 Å². The molecule has 0 radical (unpaired) electrons. The maximum Gasteiger partial charge on any atom is 0.273 e. The van der Waals surface area contributed by atoms with E-state index in [4.69, 9.17) is 0 Å². The molecular weight excluding hydrogens is 318 g/mol. The van der Waals surface area contributed by atoms with Gasteiger partial charge in [0.05, 0.1) is 11.0 Å². The van der Waals surface area contributed by atoms with E-state index >= 15 is 0 Å². The van der Waals surface area contributed by atoms with E-state index in [2.05, 4.69) is 0 Å². The molecule has 0 aliphatic carbocycles. The van der Waals surface area contributed by atoms with E-state index in [0.29, 0.717) is 18.7 Å². The minimum Gasteiger partial charge on any atom is -0.311 e. The molecule has 1 unspecified atom stereocenters. The number of nitro benzene ring substituents is 1. The number of hydrogen-bond donors (Lipinski definition) is 0. The summed E-state index contributed by atoms with van der Waals surface area (Å²) in [6.07, 6.45) is 1.67. The molecule has 130 valence electrons. The Kier molecular flexibility index (Phi) is 5.09. The third-order valence-electron chi connectivity index (χ3n) is 4.62. The average molecular weight is 339 g/mol. The van der Waals surface area contributed by atoms with Crippen LogP contribution >= 0.6 is 0 Å². The van der Waals surface area contributed by atoms with Gasteiger partial charge < -0.3 is 4.90 Å². The molecule has 3 rings (SSSR count). The summed E-state index contributed by atoms with van der Waals surface area (Å²) in [5.74, 6) is 0.0542. The fourth-order valence-corrected chi connectivity index (χ4v) is 3.33.